The van der Waals surface area contributed by atoms with Crippen LogP contribution in [0.1, 0.15) is 78.1 Å². The summed E-state index contributed by atoms with van der Waals surface area (Å²) in [5.74, 6) is 1.52. The first kappa shape index (κ1) is 22.9. The zero-order chi connectivity index (χ0) is 20.5. The van der Waals surface area contributed by atoms with E-state index in [1.165, 1.54) is 103 Å². The standard InChI is InChI=1S/C24H46N4O/c1-21(2)10-15-27(19-18-26-13-6-3-7-14-26)20-22-11-16-28(17-12-22)24(29)25-23-8-4-5-9-23/h21-23H,3-20H2,1-2H3,(H,25,29). The molecular formula is C24H46N4O. The largest absolute Gasteiger partial charge is 0.335 e. The van der Waals surface area contributed by atoms with Crippen molar-refractivity contribution in [3.63, 3.8) is 0 Å². The zero-order valence-corrected chi connectivity index (χ0v) is 19.2. The highest BCUT2D eigenvalue weighted by molar-refractivity contribution is 5.74. The maximum Gasteiger partial charge on any atom is 0.317 e. The third kappa shape index (κ3) is 8.09. The number of amides is 2. The van der Waals surface area contributed by atoms with Crippen molar-refractivity contribution in [3.8, 4) is 0 Å². The molecular weight excluding hydrogens is 360 g/mol. The molecule has 1 aliphatic carbocycles. The summed E-state index contributed by atoms with van der Waals surface area (Å²) < 4.78 is 0. The first-order valence-corrected chi connectivity index (χ1v) is 12.6. The van der Waals surface area contributed by atoms with E-state index in [2.05, 4.69) is 33.9 Å². The van der Waals surface area contributed by atoms with Crippen LogP contribution >= 0.6 is 0 Å². The SMILES string of the molecule is CC(C)CCN(CCN1CCCCC1)CC1CCN(C(=O)NC2CCCC2)CC1. The summed E-state index contributed by atoms with van der Waals surface area (Å²) >= 11 is 0. The van der Waals surface area contributed by atoms with Crippen LogP contribution in [0, 0.1) is 11.8 Å². The van der Waals surface area contributed by atoms with Crippen LogP contribution in [0.15, 0.2) is 0 Å². The fourth-order valence-electron chi connectivity index (χ4n) is 5.22. The molecule has 0 bridgehead atoms. The van der Waals surface area contributed by atoms with E-state index >= 15 is 0 Å². The molecule has 0 aromatic heterocycles. The van der Waals surface area contributed by atoms with E-state index in [-0.39, 0.29) is 6.03 Å². The van der Waals surface area contributed by atoms with Gasteiger partial charge in [-0.2, -0.15) is 0 Å². The summed E-state index contributed by atoms with van der Waals surface area (Å²) in [6, 6.07) is 0.624. The third-order valence-corrected chi connectivity index (χ3v) is 7.30. The number of urea groups is 1. The normalized spacial score (nSPS) is 22.7. The number of nitrogens with zero attached hydrogens (tertiary/aromatic N) is 3. The van der Waals surface area contributed by atoms with Gasteiger partial charge in [0, 0.05) is 38.8 Å². The Balaban J connectivity index is 1.39. The Morgan fingerprint density at radius 1 is 0.931 bits per heavy atom. The van der Waals surface area contributed by atoms with Gasteiger partial charge in [-0.15, -0.1) is 0 Å². The number of hydrogen-bond acceptors (Lipinski definition) is 3. The number of carbonyl (C=O) groups excluding carboxylic acids is 1. The highest BCUT2D eigenvalue weighted by atomic mass is 16.2. The van der Waals surface area contributed by atoms with Gasteiger partial charge in [-0.1, -0.05) is 33.1 Å². The lowest BCUT2D eigenvalue weighted by Crippen LogP contribution is -2.48. The van der Waals surface area contributed by atoms with Gasteiger partial charge in [-0.3, -0.25) is 0 Å². The highest BCUT2D eigenvalue weighted by Crippen LogP contribution is 2.21. The third-order valence-electron chi connectivity index (χ3n) is 7.30. The minimum atomic E-state index is 0.192. The first-order chi connectivity index (χ1) is 14.1. The lowest BCUT2D eigenvalue weighted by atomic mass is 9.96. The Bertz CT molecular complexity index is 464. The van der Waals surface area contributed by atoms with E-state index in [9.17, 15) is 4.79 Å². The summed E-state index contributed by atoms with van der Waals surface area (Å²) in [6.07, 6.45) is 12.7. The second-order valence-corrected chi connectivity index (χ2v) is 10.2. The fourth-order valence-corrected chi connectivity index (χ4v) is 5.22. The topological polar surface area (TPSA) is 38.8 Å². The molecule has 3 fully saturated rings. The molecule has 0 aromatic rings. The first-order valence-electron chi connectivity index (χ1n) is 12.6. The van der Waals surface area contributed by atoms with Crippen molar-refractivity contribution in [2.45, 2.75) is 84.1 Å². The predicted octanol–water partition coefficient (Wildman–Crippen LogP) is 4.18. The van der Waals surface area contributed by atoms with Crippen LogP contribution < -0.4 is 5.32 Å². The van der Waals surface area contributed by atoms with Crippen molar-refractivity contribution in [1.82, 2.24) is 20.0 Å². The molecule has 2 aliphatic heterocycles. The monoisotopic (exact) mass is 406 g/mol. The highest BCUT2D eigenvalue weighted by Gasteiger charge is 2.26. The van der Waals surface area contributed by atoms with Gasteiger partial charge in [0.2, 0.25) is 0 Å². The van der Waals surface area contributed by atoms with Crippen LogP contribution in [0.4, 0.5) is 4.79 Å². The Kier molecular flexibility index (Phi) is 9.57. The van der Waals surface area contributed by atoms with E-state index in [1.807, 2.05) is 0 Å². The van der Waals surface area contributed by atoms with Crippen LogP contribution in [-0.4, -0.2) is 79.1 Å². The fraction of sp³-hybridized carbons (Fsp3) is 0.958. The van der Waals surface area contributed by atoms with Gasteiger partial charge in [0.05, 0.1) is 0 Å². The van der Waals surface area contributed by atoms with Gasteiger partial charge in [0.15, 0.2) is 0 Å². The van der Waals surface area contributed by atoms with E-state index in [0.29, 0.717) is 6.04 Å². The molecule has 2 saturated heterocycles. The van der Waals surface area contributed by atoms with E-state index in [4.69, 9.17) is 0 Å². The molecule has 1 N–H and O–H groups in total. The lowest BCUT2D eigenvalue weighted by molar-refractivity contribution is 0.129. The van der Waals surface area contributed by atoms with Crippen LogP contribution in [0.2, 0.25) is 0 Å². The van der Waals surface area contributed by atoms with Crippen LogP contribution in [0.25, 0.3) is 0 Å². The molecule has 3 rings (SSSR count). The predicted molar refractivity (Wildman–Crippen MR) is 121 cm³/mol. The van der Waals surface area contributed by atoms with Crippen molar-refractivity contribution in [3.05, 3.63) is 0 Å². The van der Waals surface area contributed by atoms with Gasteiger partial charge in [-0.25, -0.2) is 4.79 Å². The molecule has 0 unspecified atom stereocenters. The summed E-state index contributed by atoms with van der Waals surface area (Å²) in [6.45, 7) is 14.1. The van der Waals surface area contributed by atoms with E-state index < -0.39 is 0 Å². The number of carbonyl (C=O) groups is 1. The van der Waals surface area contributed by atoms with Gasteiger partial charge in [0.25, 0.3) is 0 Å². The molecule has 168 valence electrons. The summed E-state index contributed by atoms with van der Waals surface area (Å²) in [5.41, 5.74) is 0. The molecule has 2 amide bonds. The van der Waals surface area contributed by atoms with Crippen molar-refractivity contribution in [1.29, 1.82) is 0 Å². The minimum absolute atomic E-state index is 0.192. The number of piperidine rings is 2. The molecule has 1 saturated carbocycles. The average Bonchev–Trinajstić information content (AvgIpc) is 3.24. The molecule has 0 atom stereocenters. The molecule has 29 heavy (non-hydrogen) atoms. The van der Waals surface area contributed by atoms with E-state index in [1.54, 1.807) is 0 Å². The smallest absolute Gasteiger partial charge is 0.317 e. The number of nitrogens with one attached hydrogen (secondary N) is 1. The van der Waals surface area contributed by atoms with Crippen molar-refractivity contribution in [2.24, 2.45) is 11.8 Å². The van der Waals surface area contributed by atoms with Crippen LogP contribution in [0.3, 0.4) is 0 Å². The summed E-state index contributed by atoms with van der Waals surface area (Å²) in [7, 11) is 0. The quantitative estimate of drug-likeness (QED) is 0.624. The molecule has 0 aromatic carbocycles. The maximum absolute atomic E-state index is 12.5. The molecule has 2 heterocycles. The molecule has 5 nitrogen and oxygen atoms in total. The Morgan fingerprint density at radius 3 is 2.28 bits per heavy atom. The van der Waals surface area contributed by atoms with Crippen molar-refractivity contribution < 1.29 is 4.79 Å². The maximum atomic E-state index is 12.5. The molecule has 0 radical (unpaired) electrons. The second-order valence-electron chi connectivity index (χ2n) is 10.2. The van der Waals surface area contributed by atoms with Gasteiger partial charge in [0.1, 0.15) is 0 Å². The minimum Gasteiger partial charge on any atom is -0.335 e. The zero-order valence-electron chi connectivity index (χ0n) is 19.2. The number of likely N-dealkylation sites (tertiary alicyclic amines) is 2. The number of rotatable bonds is 9. The van der Waals surface area contributed by atoms with Crippen molar-refractivity contribution >= 4 is 6.03 Å². The summed E-state index contributed by atoms with van der Waals surface area (Å²) in [4.78, 5) is 20.0. The Morgan fingerprint density at radius 2 is 1.62 bits per heavy atom. The lowest BCUT2D eigenvalue weighted by Gasteiger charge is -2.36. The van der Waals surface area contributed by atoms with Gasteiger partial charge < -0.3 is 20.0 Å². The van der Waals surface area contributed by atoms with Gasteiger partial charge in [-0.05, 0) is 76.4 Å². The Hall–Kier alpha value is -0.810. The molecule has 3 aliphatic rings. The molecule has 5 heteroatoms. The molecule has 0 spiro atoms. The van der Waals surface area contributed by atoms with Crippen LogP contribution in [-0.2, 0) is 0 Å². The second kappa shape index (κ2) is 12.1. The van der Waals surface area contributed by atoms with Crippen LogP contribution in [0.5, 0.6) is 0 Å². The van der Waals surface area contributed by atoms with Crippen molar-refractivity contribution in [2.75, 3.05) is 52.4 Å². The summed E-state index contributed by atoms with van der Waals surface area (Å²) in [5, 5.41) is 3.26. The Labute approximate surface area is 179 Å². The number of hydrogen-bond donors (Lipinski definition) is 1. The average molecular weight is 407 g/mol. The van der Waals surface area contributed by atoms with Gasteiger partial charge >= 0.3 is 6.03 Å². The van der Waals surface area contributed by atoms with E-state index in [0.717, 1.165) is 24.9 Å².